The molecule has 0 spiro atoms. The number of nitrogens with zero attached hydrogens (tertiary/aromatic N) is 1. The lowest BCUT2D eigenvalue weighted by atomic mass is 9.93. The highest BCUT2D eigenvalue weighted by atomic mass is 16.5. The van der Waals surface area contributed by atoms with Crippen LogP contribution in [-0.2, 0) is 9.53 Å². The summed E-state index contributed by atoms with van der Waals surface area (Å²) in [6.45, 7) is 1.01. The highest BCUT2D eigenvalue weighted by Crippen LogP contribution is 2.25. The Bertz CT molecular complexity index is 570. The fourth-order valence-corrected chi connectivity index (χ4v) is 3.55. The summed E-state index contributed by atoms with van der Waals surface area (Å²) in [6.07, 6.45) is 4.06. The quantitative estimate of drug-likeness (QED) is 0.888. The van der Waals surface area contributed by atoms with Gasteiger partial charge in [-0.1, -0.05) is 30.3 Å². The summed E-state index contributed by atoms with van der Waals surface area (Å²) >= 11 is 0. The maximum absolute atomic E-state index is 12.8. The van der Waals surface area contributed by atoms with Crippen LogP contribution in [0.5, 0.6) is 0 Å². The molecule has 1 aliphatic carbocycles. The minimum Gasteiger partial charge on any atom is -0.381 e. The summed E-state index contributed by atoms with van der Waals surface area (Å²) < 4.78 is 5.37. The summed E-state index contributed by atoms with van der Waals surface area (Å²) in [5.74, 6) is -0.120. The minimum atomic E-state index is -0.560. The molecule has 1 saturated heterocycles. The van der Waals surface area contributed by atoms with E-state index < -0.39 is 6.04 Å². The standard InChI is InChI=1S/C18H25N3O3/c1-24-15-9-7-14(8-10-15)20-18(23)21-12-11-19-17(22)16(21)13-5-3-2-4-6-13/h2-6,14-16H,7-12H2,1H3,(H,19,22)(H,20,23). The van der Waals surface area contributed by atoms with E-state index in [1.807, 2.05) is 30.3 Å². The van der Waals surface area contributed by atoms with Gasteiger partial charge >= 0.3 is 6.03 Å². The average Bonchev–Trinajstić information content (AvgIpc) is 2.63. The smallest absolute Gasteiger partial charge is 0.318 e. The van der Waals surface area contributed by atoms with Gasteiger partial charge in [0.2, 0.25) is 5.91 Å². The zero-order chi connectivity index (χ0) is 16.9. The number of carbonyl (C=O) groups is 2. The van der Waals surface area contributed by atoms with Gasteiger partial charge in [0, 0.05) is 26.2 Å². The number of carbonyl (C=O) groups excluding carboxylic acids is 2. The number of piperazine rings is 1. The van der Waals surface area contributed by atoms with Gasteiger partial charge in [-0.15, -0.1) is 0 Å². The molecule has 0 bridgehead atoms. The Balaban J connectivity index is 1.67. The van der Waals surface area contributed by atoms with Crippen LogP contribution in [0.3, 0.4) is 0 Å². The number of rotatable bonds is 3. The summed E-state index contributed by atoms with van der Waals surface area (Å²) in [5, 5.41) is 5.96. The number of urea groups is 1. The van der Waals surface area contributed by atoms with E-state index in [0.717, 1.165) is 31.2 Å². The van der Waals surface area contributed by atoms with Crippen molar-refractivity contribution in [2.75, 3.05) is 20.2 Å². The predicted molar refractivity (Wildman–Crippen MR) is 90.5 cm³/mol. The summed E-state index contributed by atoms with van der Waals surface area (Å²) in [4.78, 5) is 26.7. The first-order valence-corrected chi connectivity index (χ1v) is 8.61. The summed E-state index contributed by atoms with van der Waals surface area (Å²) in [7, 11) is 1.74. The molecule has 2 fully saturated rings. The van der Waals surface area contributed by atoms with E-state index in [2.05, 4.69) is 10.6 Å². The van der Waals surface area contributed by atoms with Crippen molar-refractivity contribution in [1.82, 2.24) is 15.5 Å². The maximum atomic E-state index is 12.8. The number of amides is 3. The Labute approximate surface area is 142 Å². The van der Waals surface area contributed by atoms with Crippen LogP contribution in [0.4, 0.5) is 4.79 Å². The minimum absolute atomic E-state index is 0.120. The van der Waals surface area contributed by atoms with Gasteiger partial charge in [-0.05, 0) is 31.2 Å². The molecule has 1 aliphatic heterocycles. The third kappa shape index (κ3) is 3.70. The summed E-state index contributed by atoms with van der Waals surface area (Å²) in [6, 6.07) is 8.90. The molecule has 1 aromatic carbocycles. The second kappa shape index (κ2) is 7.66. The Morgan fingerprint density at radius 1 is 1.21 bits per heavy atom. The van der Waals surface area contributed by atoms with Crippen molar-refractivity contribution in [2.45, 2.75) is 43.9 Å². The van der Waals surface area contributed by atoms with Crippen LogP contribution in [-0.4, -0.2) is 49.2 Å². The highest BCUT2D eigenvalue weighted by Gasteiger charge is 2.35. The van der Waals surface area contributed by atoms with Gasteiger partial charge in [0.1, 0.15) is 6.04 Å². The molecule has 1 atom stereocenters. The molecule has 1 heterocycles. The summed E-state index contributed by atoms with van der Waals surface area (Å²) in [5.41, 5.74) is 0.841. The van der Waals surface area contributed by atoms with Crippen molar-refractivity contribution in [3.05, 3.63) is 35.9 Å². The first-order valence-electron chi connectivity index (χ1n) is 8.61. The highest BCUT2D eigenvalue weighted by molar-refractivity contribution is 5.89. The van der Waals surface area contributed by atoms with Crippen molar-refractivity contribution in [1.29, 1.82) is 0 Å². The van der Waals surface area contributed by atoms with Gasteiger partial charge in [0.15, 0.2) is 0 Å². The van der Waals surface area contributed by atoms with Crippen molar-refractivity contribution in [3.8, 4) is 0 Å². The van der Waals surface area contributed by atoms with E-state index >= 15 is 0 Å². The van der Waals surface area contributed by atoms with Gasteiger partial charge in [-0.25, -0.2) is 4.79 Å². The van der Waals surface area contributed by atoms with Crippen LogP contribution in [0.15, 0.2) is 30.3 Å². The fraction of sp³-hybridized carbons (Fsp3) is 0.556. The molecule has 1 unspecified atom stereocenters. The topological polar surface area (TPSA) is 70.7 Å². The number of benzene rings is 1. The van der Waals surface area contributed by atoms with E-state index in [1.165, 1.54) is 0 Å². The molecule has 3 amide bonds. The van der Waals surface area contributed by atoms with Crippen molar-refractivity contribution in [2.24, 2.45) is 0 Å². The van der Waals surface area contributed by atoms with Gasteiger partial charge in [-0.2, -0.15) is 0 Å². The molecule has 0 aromatic heterocycles. The molecule has 6 nitrogen and oxygen atoms in total. The maximum Gasteiger partial charge on any atom is 0.318 e. The monoisotopic (exact) mass is 331 g/mol. The zero-order valence-corrected chi connectivity index (χ0v) is 14.0. The van der Waals surface area contributed by atoms with Crippen LogP contribution >= 0.6 is 0 Å². The van der Waals surface area contributed by atoms with Gasteiger partial charge < -0.3 is 20.3 Å². The first kappa shape index (κ1) is 16.8. The molecule has 0 radical (unpaired) electrons. The lowest BCUT2D eigenvalue weighted by Crippen LogP contribution is -2.56. The second-order valence-electron chi connectivity index (χ2n) is 6.46. The molecule has 2 aliphatic rings. The Kier molecular flexibility index (Phi) is 5.35. The fourth-order valence-electron chi connectivity index (χ4n) is 3.55. The van der Waals surface area contributed by atoms with Crippen molar-refractivity contribution in [3.63, 3.8) is 0 Å². The van der Waals surface area contributed by atoms with Crippen LogP contribution in [0.2, 0.25) is 0 Å². The SMILES string of the molecule is COC1CCC(NC(=O)N2CCNC(=O)C2c2ccccc2)CC1. The largest absolute Gasteiger partial charge is 0.381 e. The Morgan fingerprint density at radius 3 is 2.58 bits per heavy atom. The van der Waals surface area contributed by atoms with Crippen LogP contribution in [0.25, 0.3) is 0 Å². The van der Waals surface area contributed by atoms with Crippen molar-refractivity contribution < 1.29 is 14.3 Å². The second-order valence-corrected chi connectivity index (χ2v) is 6.46. The molecule has 3 rings (SSSR count). The number of hydrogen-bond donors (Lipinski definition) is 2. The lowest BCUT2D eigenvalue weighted by Gasteiger charge is -2.37. The predicted octanol–water partition coefficient (Wildman–Crippen LogP) is 1.83. The normalized spacial score (nSPS) is 27.5. The molecule has 130 valence electrons. The van der Waals surface area contributed by atoms with Crippen LogP contribution in [0, 0.1) is 0 Å². The lowest BCUT2D eigenvalue weighted by molar-refractivity contribution is -0.127. The van der Waals surface area contributed by atoms with E-state index in [1.54, 1.807) is 12.0 Å². The third-order valence-electron chi connectivity index (χ3n) is 4.92. The van der Waals surface area contributed by atoms with Crippen LogP contribution < -0.4 is 10.6 Å². The van der Waals surface area contributed by atoms with E-state index in [-0.39, 0.29) is 18.0 Å². The first-order chi connectivity index (χ1) is 11.7. The van der Waals surface area contributed by atoms with Crippen LogP contribution in [0.1, 0.15) is 37.3 Å². The molecule has 6 heteroatoms. The molecule has 2 N–H and O–H groups in total. The Morgan fingerprint density at radius 2 is 1.92 bits per heavy atom. The van der Waals surface area contributed by atoms with Gasteiger partial charge in [0.25, 0.3) is 0 Å². The zero-order valence-electron chi connectivity index (χ0n) is 14.0. The molecule has 24 heavy (non-hydrogen) atoms. The number of nitrogens with one attached hydrogen (secondary N) is 2. The molecular formula is C18H25N3O3. The van der Waals surface area contributed by atoms with Crippen molar-refractivity contribution >= 4 is 11.9 Å². The van der Waals surface area contributed by atoms with E-state index in [0.29, 0.717) is 19.2 Å². The van der Waals surface area contributed by atoms with Gasteiger partial charge in [0.05, 0.1) is 6.10 Å². The van der Waals surface area contributed by atoms with E-state index in [4.69, 9.17) is 4.74 Å². The van der Waals surface area contributed by atoms with Gasteiger partial charge in [-0.3, -0.25) is 4.79 Å². The number of ether oxygens (including phenoxy) is 1. The average molecular weight is 331 g/mol. The molecule has 1 aromatic rings. The molecular weight excluding hydrogens is 306 g/mol. The number of hydrogen-bond acceptors (Lipinski definition) is 3. The Hall–Kier alpha value is -2.08. The molecule has 1 saturated carbocycles. The van der Waals surface area contributed by atoms with E-state index in [9.17, 15) is 9.59 Å². The third-order valence-corrected chi connectivity index (χ3v) is 4.92. The number of methoxy groups -OCH3 is 1.